The van der Waals surface area contributed by atoms with Crippen molar-refractivity contribution in [3.63, 3.8) is 0 Å². The molecule has 0 unspecified atom stereocenters. The van der Waals surface area contributed by atoms with E-state index in [9.17, 15) is 0 Å². The first-order valence-electron chi connectivity index (χ1n) is 9.89. The normalized spacial score (nSPS) is 11.9. The number of benzene rings is 4. The van der Waals surface area contributed by atoms with E-state index in [4.69, 9.17) is 0 Å². The molecule has 0 nitrogen and oxygen atoms in total. The molecule has 0 bridgehead atoms. The fourth-order valence-corrected chi connectivity index (χ4v) is 4.35. The number of aryl methyl sites for hydroxylation is 2. The minimum absolute atomic E-state index is 0. The minimum Gasteiger partial charge on any atom is -0.176 e. The van der Waals surface area contributed by atoms with Gasteiger partial charge in [0.1, 0.15) is 0 Å². The average Bonchev–Trinajstić information content (AvgIpc) is 3.25. The molecule has 0 saturated heterocycles. The van der Waals surface area contributed by atoms with Crippen LogP contribution in [0.2, 0.25) is 0 Å². The average molecular weight is 383 g/mol. The SMILES string of the molecule is Cc1[c-]c2c(cc1)-c1ccccc1C2.Cc1[c-]c2c(cc1)-c1ccccc1C2.[Mg+2]. The van der Waals surface area contributed by atoms with Gasteiger partial charge in [0, 0.05) is 0 Å². The molecule has 0 radical (unpaired) electrons. The Morgan fingerprint density at radius 1 is 0.517 bits per heavy atom. The van der Waals surface area contributed by atoms with Crippen molar-refractivity contribution in [1.82, 2.24) is 0 Å². The van der Waals surface area contributed by atoms with Gasteiger partial charge in [0.2, 0.25) is 0 Å². The molecule has 0 amide bonds. The molecule has 0 aliphatic heterocycles. The second-order valence-electron chi connectivity index (χ2n) is 7.73. The van der Waals surface area contributed by atoms with Crippen molar-refractivity contribution in [2.75, 3.05) is 0 Å². The van der Waals surface area contributed by atoms with Crippen LogP contribution >= 0.6 is 0 Å². The van der Waals surface area contributed by atoms with E-state index in [1.54, 1.807) is 0 Å². The first kappa shape index (κ1) is 19.9. The van der Waals surface area contributed by atoms with E-state index >= 15 is 0 Å². The van der Waals surface area contributed by atoms with Crippen LogP contribution in [0.3, 0.4) is 0 Å². The molecule has 4 aromatic carbocycles. The molecule has 0 heterocycles. The number of rotatable bonds is 0. The Hall–Kier alpha value is -2.35. The van der Waals surface area contributed by atoms with Crippen molar-refractivity contribution >= 4 is 23.1 Å². The quantitative estimate of drug-likeness (QED) is 0.212. The fraction of sp³-hybridized carbons (Fsp3) is 0.143. The van der Waals surface area contributed by atoms with E-state index in [1.807, 2.05) is 0 Å². The molecule has 0 spiro atoms. The summed E-state index contributed by atoms with van der Waals surface area (Å²) in [6.07, 6.45) is 2.10. The van der Waals surface area contributed by atoms with Crippen LogP contribution in [-0.4, -0.2) is 23.1 Å². The van der Waals surface area contributed by atoms with Crippen LogP contribution in [0.25, 0.3) is 22.3 Å². The monoisotopic (exact) mass is 382 g/mol. The smallest absolute Gasteiger partial charge is 0.176 e. The third kappa shape index (κ3) is 3.77. The third-order valence-corrected chi connectivity index (χ3v) is 5.70. The second kappa shape index (κ2) is 8.18. The van der Waals surface area contributed by atoms with Gasteiger partial charge < -0.3 is 0 Å². The van der Waals surface area contributed by atoms with Crippen LogP contribution in [0.5, 0.6) is 0 Å². The first-order valence-corrected chi connectivity index (χ1v) is 9.89. The predicted molar refractivity (Wildman–Crippen MR) is 122 cm³/mol. The van der Waals surface area contributed by atoms with Crippen molar-refractivity contribution in [3.8, 4) is 22.3 Å². The second-order valence-corrected chi connectivity index (χ2v) is 7.73. The van der Waals surface area contributed by atoms with Crippen molar-refractivity contribution in [2.45, 2.75) is 26.7 Å². The van der Waals surface area contributed by atoms with Crippen molar-refractivity contribution in [2.24, 2.45) is 0 Å². The summed E-state index contributed by atoms with van der Waals surface area (Å²) >= 11 is 0. The summed E-state index contributed by atoms with van der Waals surface area (Å²) in [5, 5.41) is 0. The Kier molecular flexibility index (Phi) is 5.62. The van der Waals surface area contributed by atoms with Crippen molar-refractivity contribution < 1.29 is 0 Å². The Morgan fingerprint density at radius 2 is 0.931 bits per heavy atom. The van der Waals surface area contributed by atoms with Gasteiger partial charge in [0.05, 0.1) is 0 Å². The van der Waals surface area contributed by atoms with Crippen LogP contribution in [-0.2, 0) is 12.8 Å². The maximum atomic E-state index is 3.43. The number of hydrogen-bond acceptors (Lipinski definition) is 0. The molecule has 29 heavy (non-hydrogen) atoms. The van der Waals surface area contributed by atoms with E-state index in [0.29, 0.717) is 0 Å². The van der Waals surface area contributed by atoms with E-state index in [2.05, 4.69) is 98.8 Å². The summed E-state index contributed by atoms with van der Waals surface area (Å²) in [5.41, 5.74) is 13.6. The van der Waals surface area contributed by atoms with Gasteiger partial charge in [-0.25, -0.2) is 0 Å². The summed E-state index contributed by atoms with van der Waals surface area (Å²) in [6, 6.07) is 32.8. The Bertz CT molecular complexity index is 1090. The molecule has 4 aromatic rings. The molecule has 0 aromatic heterocycles. The molecule has 136 valence electrons. The molecular formula is C28H22Mg. The van der Waals surface area contributed by atoms with E-state index in [1.165, 1.54) is 55.6 Å². The summed E-state index contributed by atoms with van der Waals surface area (Å²) < 4.78 is 0. The zero-order valence-corrected chi connectivity index (χ0v) is 18.5. The standard InChI is InChI=1S/2C14H11.Mg/c2*1-10-6-7-14-12(8-10)9-11-4-2-3-5-13(11)14;/h2*2-7H,9H2,1H3;/q2*-1;+2. The largest absolute Gasteiger partial charge is 2.00 e. The zero-order chi connectivity index (χ0) is 19.1. The fourth-order valence-electron chi connectivity index (χ4n) is 4.35. The molecule has 1 heteroatoms. The summed E-state index contributed by atoms with van der Waals surface area (Å²) in [6.45, 7) is 4.20. The molecule has 0 atom stereocenters. The molecule has 0 fully saturated rings. The summed E-state index contributed by atoms with van der Waals surface area (Å²) in [4.78, 5) is 0. The van der Waals surface area contributed by atoms with Gasteiger partial charge in [-0.15, -0.1) is 22.3 Å². The van der Waals surface area contributed by atoms with E-state index in [-0.39, 0.29) is 23.1 Å². The Labute approximate surface area is 189 Å². The Balaban J connectivity index is 0.000000137. The zero-order valence-electron chi connectivity index (χ0n) is 17.0. The molecule has 2 aliphatic carbocycles. The van der Waals surface area contributed by atoms with Crippen LogP contribution in [0.15, 0.2) is 72.8 Å². The molecule has 0 saturated carbocycles. The molecule has 0 N–H and O–H groups in total. The van der Waals surface area contributed by atoms with Crippen molar-refractivity contribution in [1.29, 1.82) is 0 Å². The van der Waals surface area contributed by atoms with Gasteiger partial charge in [0.25, 0.3) is 0 Å². The Morgan fingerprint density at radius 3 is 1.38 bits per heavy atom. The maximum absolute atomic E-state index is 3.43. The number of hydrogen-bond donors (Lipinski definition) is 0. The van der Waals surface area contributed by atoms with Crippen LogP contribution in [0.1, 0.15) is 33.4 Å². The molecule has 2 aliphatic rings. The first-order chi connectivity index (χ1) is 13.7. The van der Waals surface area contributed by atoms with Gasteiger partial charge >= 0.3 is 23.1 Å². The molecule has 6 rings (SSSR count). The van der Waals surface area contributed by atoms with E-state index < -0.39 is 0 Å². The van der Waals surface area contributed by atoms with Crippen LogP contribution in [0.4, 0.5) is 0 Å². The summed E-state index contributed by atoms with van der Waals surface area (Å²) in [5.74, 6) is 0. The minimum atomic E-state index is 0. The van der Waals surface area contributed by atoms with Gasteiger partial charge in [0.15, 0.2) is 0 Å². The number of fused-ring (bicyclic) bond motifs is 6. The van der Waals surface area contributed by atoms with Gasteiger partial charge in [-0.05, 0) is 12.8 Å². The maximum Gasteiger partial charge on any atom is 2.00 e. The molecular weight excluding hydrogens is 361 g/mol. The third-order valence-electron chi connectivity index (χ3n) is 5.70. The van der Waals surface area contributed by atoms with Crippen LogP contribution < -0.4 is 0 Å². The van der Waals surface area contributed by atoms with Gasteiger partial charge in [-0.1, -0.05) is 84.6 Å². The van der Waals surface area contributed by atoms with Gasteiger partial charge in [-0.3, -0.25) is 0 Å². The topological polar surface area (TPSA) is 0 Å². The predicted octanol–water partition coefficient (Wildman–Crippen LogP) is 6.35. The summed E-state index contributed by atoms with van der Waals surface area (Å²) in [7, 11) is 0. The van der Waals surface area contributed by atoms with Crippen LogP contribution in [0, 0.1) is 26.0 Å². The van der Waals surface area contributed by atoms with E-state index in [0.717, 1.165) is 12.8 Å². The van der Waals surface area contributed by atoms with Gasteiger partial charge in [-0.2, -0.15) is 47.5 Å². The van der Waals surface area contributed by atoms with Crippen molar-refractivity contribution in [3.05, 3.63) is 118 Å².